The van der Waals surface area contributed by atoms with Gasteiger partial charge >= 0.3 is 0 Å². The molecule has 1 N–H and O–H groups in total. The molecule has 0 saturated carbocycles. The minimum atomic E-state index is -0.386. The summed E-state index contributed by atoms with van der Waals surface area (Å²) in [5, 5.41) is 7.83. The third-order valence-corrected chi connectivity index (χ3v) is 6.61. The van der Waals surface area contributed by atoms with Gasteiger partial charge in [0, 0.05) is 35.7 Å². The molecule has 0 aliphatic carbocycles. The van der Waals surface area contributed by atoms with Gasteiger partial charge in [-0.1, -0.05) is 35.9 Å². The highest BCUT2D eigenvalue weighted by atomic mass is 32.2. The zero-order valence-electron chi connectivity index (χ0n) is 16.7. The number of fused-ring (bicyclic) bond motifs is 1. The third kappa shape index (κ3) is 3.39. The smallest absolute Gasteiger partial charge is 0.230 e. The van der Waals surface area contributed by atoms with E-state index in [-0.39, 0.29) is 24.2 Å². The van der Waals surface area contributed by atoms with Crippen LogP contribution in [0.1, 0.15) is 23.2 Å². The fourth-order valence-electron chi connectivity index (χ4n) is 3.97. The van der Waals surface area contributed by atoms with Gasteiger partial charge < -0.3 is 10.2 Å². The summed E-state index contributed by atoms with van der Waals surface area (Å²) in [4.78, 5) is 27.4. The van der Waals surface area contributed by atoms with E-state index in [1.165, 1.54) is 0 Å². The molecular formula is C23H22N4O2S. The zero-order valence-corrected chi connectivity index (χ0v) is 17.5. The van der Waals surface area contributed by atoms with Crippen molar-refractivity contribution in [2.24, 2.45) is 5.92 Å². The number of hydrogen-bond acceptors (Lipinski definition) is 4. The molecule has 2 amide bonds. The number of carbonyl (C=O) groups excluding carboxylic acids is 2. The zero-order chi connectivity index (χ0) is 20.7. The van der Waals surface area contributed by atoms with Gasteiger partial charge in [0.15, 0.2) is 0 Å². The first-order chi connectivity index (χ1) is 14.6. The first-order valence-electron chi connectivity index (χ1n) is 10.0. The van der Waals surface area contributed by atoms with Crippen molar-refractivity contribution >= 4 is 35.1 Å². The Morgan fingerprint density at radius 2 is 1.83 bits per heavy atom. The van der Waals surface area contributed by atoms with E-state index in [0.717, 1.165) is 45.5 Å². The van der Waals surface area contributed by atoms with Crippen molar-refractivity contribution in [1.82, 2.24) is 9.78 Å². The van der Waals surface area contributed by atoms with Crippen molar-refractivity contribution in [3.63, 3.8) is 0 Å². The van der Waals surface area contributed by atoms with Gasteiger partial charge in [-0.05, 0) is 31.2 Å². The van der Waals surface area contributed by atoms with Crippen LogP contribution in [0.4, 0.5) is 11.5 Å². The molecule has 1 fully saturated rings. The molecule has 2 aliphatic rings. The van der Waals surface area contributed by atoms with Crippen LogP contribution in [0.2, 0.25) is 0 Å². The number of nitrogens with zero attached hydrogens (tertiary/aromatic N) is 3. The Kier molecular flexibility index (Phi) is 4.83. The lowest BCUT2D eigenvalue weighted by Crippen LogP contribution is -2.28. The molecule has 152 valence electrons. The van der Waals surface area contributed by atoms with Crippen LogP contribution >= 0.6 is 11.8 Å². The molecule has 0 unspecified atom stereocenters. The topological polar surface area (TPSA) is 67.2 Å². The molecule has 0 radical (unpaired) electrons. The maximum atomic E-state index is 13.1. The third-order valence-electron chi connectivity index (χ3n) is 5.64. The number of para-hydroxylation sites is 1. The molecule has 5 rings (SSSR count). The second-order valence-corrected chi connectivity index (χ2v) is 8.73. The monoisotopic (exact) mass is 418 g/mol. The average Bonchev–Trinajstić information content (AvgIpc) is 3.45. The van der Waals surface area contributed by atoms with Gasteiger partial charge in [0.2, 0.25) is 11.8 Å². The van der Waals surface area contributed by atoms with Crippen LogP contribution in [-0.4, -0.2) is 28.1 Å². The summed E-state index contributed by atoms with van der Waals surface area (Å²) in [6.07, 6.45) is 0.218. The summed E-state index contributed by atoms with van der Waals surface area (Å²) in [5.74, 6) is 1.87. The lowest BCUT2D eigenvalue weighted by Gasteiger charge is -2.17. The summed E-state index contributed by atoms with van der Waals surface area (Å²) in [7, 11) is 0. The molecule has 2 aromatic carbocycles. The quantitative estimate of drug-likeness (QED) is 0.697. The lowest BCUT2D eigenvalue weighted by atomic mass is 10.1. The Morgan fingerprint density at radius 3 is 2.60 bits per heavy atom. The Hall–Kier alpha value is -3.06. The largest absolute Gasteiger partial charge is 0.312 e. The highest BCUT2D eigenvalue weighted by Gasteiger charge is 2.36. The molecule has 2 aliphatic heterocycles. The number of hydrogen-bond donors (Lipinski definition) is 1. The normalized spacial score (nSPS) is 18.0. The second-order valence-electron chi connectivity index (χ2n) is 7.74. The van der Waals surface area contributed by atoms with Crippen LogP contribution in [0.5, 0.6) is 0 Å². The SMILES string of the molecule is Cc1ccc(N2C[C@H](C(=O)Nc3c4c(nn3-c3ccccc3)CSC4)CC2=O)cc1. The molecular weight excluding hydrogens is 396 g/mol. The number of amides is 2. The molecule has 0 bridgehead atoms. The van der Waals surface area contributed by atoms with E-state index in [4.69, 9.17) is 5.10 Å². The predicted molar refractivity (Wildman–Crippen MR) is 119 cm³/mol. The second kappa shape index (κ2) is 7.65. The molecule has 3 heterocycles. The van der Waals surface area contributed by atoms with Crippen LogP contribution < -0.4 is 10.2 Å². The summed E-state index contributed by atoms with van der Waals surface area (Å²) in [5.41, 5.74) is 4.99. The Bertz CT molecular complexity index is 1110. The van der Waals surface area contributed by atoms with E-state index in [1.54, 1.807) is 16.7 Å². The summed E-state index contributed by atoms with van der Waals surface area (Å²) in [6, 6.07) is 17.6. The van der Waals surface area contributed by atoms with Gasteiger partial charge in [-0.25, -0.2) is 4.68 Å². The number of anilines is 2. The van der Waals surface area contributed by atoms with E-state index in [9.17, 15) is 9.59 Å². The maximum Gasteiger partial charge on any atom is 0.230 e. The molecule has 3 aromatic rings. The first-order valence-corrected chi connectivity index (χ1v) is 11.2. The van der Waals surface area contributed by atoms with Crippen molar-refractivity contribution in [2.75, 3.05) is 16.8 Å². The van der Waals surface area contributed by atoms with Crippen LogP contribution in [0.15, 0.2) is 54.6 Å². The highest BCUT2D eigenvalue weighted by Crippen LogP contribution is 2.36. The molecule has 30 heavy (non-hydrogen) atoms. The maximum absolute atomic E-state index is 13.1. The van der Waals surface area contributed by atoms with E-state index < -0.39 is 0 Å². The molecule has 7 heteroatoms. The van der Waals surface area contributed by atoms with E-state index in [0.29, 0.717) is 6.54 Å². The van der Waals surface area contributed by atoms with Crippen molar-refractivity contribution in [2.45, 2.75) is 24.9 Å². The van der Waals surface area contributed by atoms with Gasteiger partial charge in [0.1, 0.15) is 5.82 Å². The number of benzene rings is 2. The van der Waals surface area contributed by atoms with Gasteiger partial charge in [0.05, 0.1) is 17.3 Å². The summed E-state index contributed by atoms with van der Waals surface area (Å²) in [6.45, 7) is 2.41. The number of aryl methyl sites for hydroxylation is 1. The molecule has 1 aromatic heterocycles. The van der Waals surface area contributed by atoms with Crippen molar-refractivity contribution in [3.05, 3.63) is 71.4 Å². The Morgan fingerprint density at radius 1 is 1.07 bits per heavy atom. The van der Waals surface area contributed by atoms with Crippen LogP contribution in [0.3, 0.4) is 0 Å². The molecule has 1 atom stereocenters. The molecule has 0 spiro atoms. The van der Waals surface area contributed by atoms with Crippen LogP contribution in [0.25, 0.3) is 5.69 Å². The van der Waals surface area contributed by atoms with Crippen molar-refractivity contribution in [1.29, 1.82) is 0 Å². The first kappa shape index (κ1) is 18.9. The minimum Gasteiger partial charge on any atom is -0.312 e. The number of nitrogens with one attached hydrogen (secondary N) is 1. The van der Waals surface area contributed by atoms with Crippen LogP contribution in [-0.2, 0) is 21.1 Å². The van der Waals surface area contributed by atoms with Crippen LogP contribution in [0, 0.1) is 12.8 Å². The molecule has 6 nitrogen and oxygen atoms in total. The van der Waals surface area contributed by atoms with Crippen molar-refractivity contribution in [3.8, 4) is 5.69 Å². The van der Waals surface area contributed by atoms with Gasteiger partial charge in [-0.15, -0.1) is 0 Å². The standard InChI is InChI=1S/C23H22N4O2S/c1-15-7-9-17(10-8-15)26-12-16(11-21(26)28)23(29)24-22-19-13-30-14-20(19)25-27(22)18-5-3-2-4-6-18/h2-10,16H,11-14H2,1H3,(H,24,29)/t16-/m1/s1. The summed E-state index contributed by atoms with van der Waals surface area (Å²) < 4.78 is 1.82. The van der Waals surface area contributed by atoms with Gasteiger partial charge in [-0.3, -0.25) is 9.59 Å². The van der Waals surface area contributed by atoms with E-state index >= 15 is 0 Å². The number of carbonyl (C=O) groups is 2. The van der Waals surface area contributed by atoms with E-state index in [1.807, 2.05) is 66.2 Å². The Balaban J connectivity index is 1.39. The predicted octanol–water partition coefficient (Wildman–Crippen LogP) is 3.92. The average molecular weight is 419 g/mol. The highest BCUT2D eigenvalue weighted by molar-refractivity contribution is 7.98. The minimum absolute atomic E-state index is 0.0173. The molecule has 1 saturated heterocycles. The fourth-order valence-corrected chi connectivity index (χ4v) is 5.01. The van der Waals surface area contributed by atoms with Gasteiger partial charge in [-0.2, -0.15) is 16.9 Å². The fraction of sp³-hybridized carbons (Fsp3) is 0.261. The van der Waals surface area contributed by atoms with Crippen molar-refractivity contribution < 1.29 is 9.59 Å². The van der Waals surface area contributed by atoms with E-state index in [2.05, 4.69) is 5.32 Å². The van der Waals surface area contributed by atoms with Gasteiger partial charge in [0.25, 0.3) is 0 Å². The number of rotatable bonds is 4. The number of thioether (sulfide) groups is 1. The number of aromatic nitrogens is 2. The Labute approximate surface area is 179 Å². The summed E-state index contributed by atoms with van der Waals surface area (Å²) >= 11 is 1.80. The lowest BCUT2D eigenvalue weighted by molar-refractivity contribution is -0.122.